The largest absolute Gasteiger partial charge is 0.493 e. The third-order valence-corrected chi connectivity index (χ3v) is 3.92. The molecule has 1 aliphatic rings. The highest BCUT2D eigenvalue weighted by Gasteiger charge is 2.14. The molecule has 0 saturated carbocycles. The van der Waals surface area contributed by atoms with E-state index in [9.17, 15) is 4.91 Å². The number of hydrogen-bond acceptors (Lipinski definition) is 4. The van der Waals surface area contributed by atoms with Crippen molar-refractivity contribution >= 4 is 37.8 Å². The van der Waals surface area contributed by atoms with E-state index in [-0.39, 0.29) is 13.5 Å². The summed E-state index contributed by atoms with van der Waals surface area (Å²) in [5.74, 6) is 0.910. The quantitative estimate of drug-likeness (QED) is 0.464. The Morgan fingerprint density at radius 2 is 2.20 bits per heavy atom. The highest BCUT2D eigenvalue weighted by atomic mass is 32.7. The third kappa shape index (κ3) is 2.97. The van der Waals surface area contributed by atoms with Crippen molar-refractivity contribution in [2.75, 3.05) is 6.61 Å². The van der Waals surface area contributed by atoms with Crippen molar-refractivity contribution in [2.24, 2.45) is 4.58 Å². The van der Waals surface area contributed by atoms with Gasteiger partial charge in [0.15, 0.2) is 0 Å². The van der Waals surface area contributed by atoms with Gasteiger partial charge in [0.25, 0.3) is 0 Å². The number of fused-ring (bicyclic) bond motifs is 1. The standard InChI is InChI=1S/C9H8NO2PS.H2S/c11-10-14-13-9-5-6-12-8-4-2-1-3-7(8)9;/h1-4H,5-6H2;1H2. The van der Waals surface area contributed by atoms with E-state index < -0.39 is 0 Å². The van der Waals surface area contributed by atoms with Crippen LogP contribution in [0.15, 0.2) is 28.8 Å². The highest BCUT2D eigenvalue weighted by Crippen LogP contribution is 2.32. The maximum atomic E-state index is 10.0. The molecular weight excluding hydrogens is 249 g/mol. The molecule has 0 saturated heterocycles. The van der Waals surface area contributed by atoms with Crippen LogP contribution in [-0.4, -0.2) is 11.9 Å². The van der Waals surface area contributed by atoms with Gasteiger partial charge >= 0.3 is 0 Å². The molecule has 0 unspecified atom stereocenters. The predicted molar refractivity (Wildman–Crippen MR) is 71.4 cm³/mol. The van der Waals surface area contributed by atoms with Gasteiger partial charge in [-0.05, 0) is 13.5 Å². The molecule has 0 amide bonds. The molecule has 15 heavy (non-hydrogen) atoms. The second-order valence-electron chi connectivity index (χ2n) is 2.79. The molecular formula is C9H10NO2PS2. The van der Waals surface area contributed by atoms with Gasteiger partial charge in [0.1, 0.15) is 5.75 Å². The molecule has 0 spiro atoms. The van der Waals surface area contributed by atoms with Crippen molar-refractivity contribution < 1.29 is 4.74 Å². The predicted octanol–water partition coefficient (Wildman–Crippen LogP) is 3.38. The van der Waals surface area contributed by atoms with E-state index in [1.54, 1.807) is 0 Å². The van der Waals surface area contributed by atoms with Crippen LogP contribution < -0.4 is 4.74 Å². The minimum Gasteiger partial charge on any atom is -0.493 e. The first-order chi connectivity index (χ1) is 6.92. The summed E-state index contributed by atoms with van der Waals surface area (Å²) in [6.07, 6.45) is 0.876. The summed E-state index contributed by atoms with van der Waals surface area (Å²) in [5, 5.41) is 1.22. The summed E-state index contributed by atoms with van der Waals surface area (Å²) in [5.41, 5.74) is 1.11. The van der Waals surface area contributed by atoms with Crippen LogP contribution in [0.2, 0.25) is 0 Å². The number of nitrogens with zero attached hydrogens (tertiary/aromatic N) is 1. The molecule has 0 radical (unpaired) electrons. The van der Waals surface area contributed by atoms with Crippen molar-refractivity contribution in [2.45, 2.75) is 6.42 Å². The lowest BCUT2D eigenvalue weighted by atomic mass is 10.1. The molecule has 6 heteroatoms. The van der Waals surface area contributed by atoms with Crippen molar-refractivity contribution in [1.29, 1.82) is 0 Å². The lowest BCUT2D eigenvalue weighted by Gasteiger charge is -2.18. The van der Waals surface area contributed by atoms with Crippen molar-refractivity contribution in [3.63, 3.8) is 0 Å². The molecule has 1 aliphatic heterocycles. The van der Waals surface area contributed by atoms with Gasteiger partial charge < -0.3 is 4.74 Å². The maximum absolute atomic E-state index is 10.0. The van der Waals surface area contributed by atoms with Crippen molar-refractivity contribution in [3.8, 4) is 5.75 Å². The first-order valence-electron chi connectivity index (χ1n) is 4.20. The van der Waals surface area contributed by atoms with Gasteiger partial charge in [-0.2, -0.15) is 13.5 Å². The second-order valence-corrected chi connectivity index (χ2v) is 4.86. The molecule has 0 N–H and O–H groups in total. The van der Waals surface area contributed by atoms with Gasteiger partial charge in [0.2, 0.25) is 0 Å². The van der Waals surface area contributed by atoms with E-state index in [4.69, 9.17) is 4.74 Å². The van der Waals surface area contributed by atoms with Crippen LogP contribution in [-0.2, 0) is 0 Å². The second kappa shape index (κ2) is 6.16. The smallest absolute Gasteiger partial charge is 0.127 e. The van der Waals surface area contributed by atoms with E-state index in [1.165, 1.54) is 5.29 Å². The average molecular weight is 259 g/mol. The minimum atomic E-state index is 0. The van der Waals surface area contributed by atoms with Crippen LogP contribution >= 0.6 is 32.5 Å². The number of ether oxygens (including phenoxy) is 1. The van der Waals surface area contributed by atoms with E-state index in [2.05, 4.69) is 4.58 Å². The molecule has 80 valence electrons. The van der Waals surface area contributed by atoms with Gasteiger partial charge in [0.05, 0.1) is 18.2 Å². The Bertz CT molecular complexity index is 384. The summed E-state index contributed by atoms with van der Waals surface area (Å²) < 4.78 is 8.29. The minimum absolute atomic E-state index is 0. The Morgan fingerprint density at radius 1 is 1.40 bits per heavy atom. The topological polar surface area (TPSA) is 38.7 Å². The fraction of sp³-hybridized carbons (Fsp3) is 0.222. The monoisotopic (exact) mass is 259 g/mol. The molecule has 3 nitrogen and oxygen atoms in total. The van der Waals surface area contributed by atoms with Crippen LogP contribution in [0.5, 0.6) is 5.75 Å². The molecule has 1 aromatic carbocycles. The first kappa shape index (κ1) is 12.6. The van der Waals surface area contributed by atoms with E-state index in [0.29, 0.717) is 6.61 Å². The highest BCUT2D eigenvalue weighted by molar-refractivity contribution is 8.48. The molecule has 2 rings (SSSR count). The van der Waals surface area contributed by atoms with Crippen LogP contribution in [0.1, 0.15) is 12.0 Å². The Kier molecular flexibility index (Phi) is 5.15. The first-order valence-corrected chi connectivity index (χ1v) is 6.47. The van der Waals surface area contributed by atoms with Gasteiger partial charge in [-0.25, -0.2) is 0 Å². The molecule has 1 heterocycles. The van der Waals surface area contributed by atoms with Crippen molar-refractivity contribution in [3.05, 3.63) is 34.7 Å². The molecule has 1 aromatic rings. The third-order valence-electron chi connectivity index (χ3n) is 1.98. The number of para-hydroxylation sites is 1. The van der Waals surface area contributed by atoms with Crippen LogP contribution in [0.25, 0.3) is 0 Å². The number of nitroso groups, excluding NO2 is 1. The van der Waals surface area contributed by atoms with Crippen LogP contribution in [0.3, 0.4) is 0 Å². The number of rotatable bonds is 2. The Morgan fingerprint density at radius 3 is 3.00 bits per heavy atom. The summed E-state index contributed by atoms with van der Waals surface area (Å²) in [7, 11) is 0.918. The molecule has 0 aromatic heterocycles. The van der Waals surface area contributed by atoms with Crippen LogP contribution in [0.4, 0.5) is 0 Å². The molecule has 0 bridgehead atoms. The zero-order valence-corrected chi connectivity index (χ0v) is 10.6. The molecule has 0 aliphatic carbocycles. The number of hydrogen-bond donors (Lipinski definition) is 0. The van der Waals surface area contributed by atoms with Gasteiger partial charge in [-0.1, -0.05) is 18.2 Å². The van der Waals surface area contributed by atoms with Gasteiger partial charge in [-0.3, -0.25) is 0 Å². The summed E-state index contributed by atoms with van der Waals surface area (Å²) in [4.78, 5) is 10.0. The lowest BCUT2D eigenvalue weighted by Crippen LogP contribution is -2.14. The Labute approximate surface area is 101 Å². The van der Waals surface area contributed by atoms with Crippen LogP contribution in [0, 0.1) is 4.91 Å². The lowest BCUT2D eigenvalue weighted by molar-refractivity contribution is 0.321. The Balaban J connectivity index is 0.00000112. The summed E-state index contributed by atoms with van der Waals surface area (Å²) in [6, 6.07) is 7.89. The maximum Gasteiger partial charge on any atom is 0.127 e. The van der Waals surface area contributed by atoms with Gasteiger partial charge in [-0.15, -0.1) is 4.91 Å². The molecule has 0 atom stereocenters. The van der Waals surface area contributed by atoms with Gasteiger partial charge in [0, 0.05) is 21.9 Å². The summed E-state index contributed by atoms with van der Waals surface area (Å²) >= 11 is 1.03. The van der Waals surface area contributed by atoms with E-state index in [1.807, 2.05) is 24.3 Å². The van der Waals surface area contributed by atoms with Crippen molar-refractivity contribution in [1.82, 2.24) is 0 Å². The SMILES string of the molecule is O=NSP=C1CCOc2ccccc21.S. The average Bonchev–Trinajstić information content (AvgIpc) is 2.26. The fourth-order valence-corrected chi connectivity index (χ4v) is 2.95. The normalized spacial score (nSPS) is 16.1. The Hall–Kier alpha value is -0.510. The molecule has 0 fully saturated rings. The zero-order valence-electron chi connectivity index (χ0n) is 7.84. The van der Waals surface area contributed by atoms with E-state index in [0.717, 1.165) is 36.7 Å². The van der Waals surface area contributed by atoms with E-state index >= 15 is 0 Å². The number of benzene rings is 1. The zero-order chi connectivity index (χ0) is 9.80. The summed E-state index contributed by atoms with van der Waals surface area (Å²) in [6.45, 7) is 0.693. The fourth-order valence-electron chi connectivity index (χ4n) is 1.38.